The third kappa shape index (κ3) is 2.94. The van der Waals surface area contributed by atoms with Gasteiger partial charge in [-0.2, -0.15) is 0 Å². The Morgan fingerprint density at radius 3 is 2.63 bits per heavy atom. The monoisotopic (exact) mass is 353 g/mol. The highest BCUT2D eigenvalue weighted by Crippen LogP contribution is 2.31. The number of carbonyl (C=O) groups is 1. The molecule has 0 aliphatic carbocycles. The Bertz CT molecular complexity index is 1230. The lowest BCUT2D eigenvalue weighted by molar-refractivity contribution is 0.0697. The van der Waals surface area contributed by atoms with Gasteiger partial charge in [-0.05, 0) is 43.3 Å². The van der Waals surface area contributed by atoms with Gasteiger partial charge in [-0.25, -0.2) is 14.6 Å². The van der Waals surface area contributed by atoms with Gasteiger partial charge < -0.3 is 5.11 Å². The number of carboxylic acids is 1. The van der Waals surface area contributed by atoms with Gasteiger partial charge in [0.15, 0.2) is 5.69 Å². The Labute approximate surface area is 156 Å². The van der Waals surface area contributed by atoms with Gasteiger partial charge in [0.25, 0.3) is 0 Å². The fourth-order valence-electron chi connectivity index (χ4n) is 3.16. The number of hydrogen-bond donors (Lipinski definition) is 1. The molecule has 0 unspecified atom stereocenters. The zero-order chi connectivity index (χ0) is 19.0. The van der Waals surface area contributed by atoms with Crippen molar-refractivity contribution in [2.45, 2.75) is 6.92 Å². The Kier molecular flexibility index (Phi) is 3.94. The van der Waals surface area contributed by atoms with Crippen LogP contribution >= 0.6 is 0 Å². The summed E-state index contributed by atoms with van der Waals surface area (Å²) in [6.07, 6.45) is 0. The van der Waals surface area contributed by atoms with Crippen LogP contribution in [0.1, 0.15) is 15.9 Å². The fourth-order valence-corrected chi connectivity index (χ4v) is 3.16. The Balaban J connectivity index is 2.05. The lowest BCUT2D eigenvalue weighted by atomic mass is 10.1. The first kappa shape index (κ1) is 16.6. The van der Waals surface area contributed by atoms with Crippen LogP contribution in [0.2, 0.25) is 0 Å². The van der Waals surface area contributed by atoms with Crippen LogP contribution in [0, 0.1) is 13.5 Å². The molecule has 130 valence electrons. The van der Waals surface area contributed by atoms with Crippen LogP contribution in [0.3, 0.4) is 0 Å². The smallest absolute Gasteiger partial charge is 0.335 e. The van der Waals surface area contributed by atoms with E-state index in [-0.39, 0.29) is 5.56 Å². The van der Waals surface area contributed by atoms with Crippen LogP contribution in [0.15, 0.2) is 66.7 Å². The third-order valence-electron chi connectivity index (χ3n) is 4.39. The van der Waals surface area contributed by atoms with E-state index in [9.17, 15) is 9.90 Å². The molecule has 1 heterocycles. The minimum atomic E-state index is -0.978. The molecule has 0 saturated heterocycles. The van der Waals surface area contributed by atoms with Crippen LogP contribution in [0.5, 0.6) is 0 Å². The predicted octanol–water partition coefficient (Wildman–Crippen LogP) is 5.25. The highest BCUT2D eigenvalue weighted by molar-refractivity contribution is 5.90. The first-order chi connectivity index (χ1) is 13.1. The maximum absolute atomic E-state index is 11.4. The van der Waals surface area contributed by atoms with Crippen LogP contribution in [-0.4, -0.2) is 20.6 Å². The molecule has 0 aliphatic rings. The van der Waals surface area contributed by atoms with Gasteiger partial charge >= 0.3 is 5.97 Å². The fraction of sp³-hybridized carbons (Fsp3) is 0.0455. The lowest BCUT2D eigenvalue weighted by Crippen LogP contribution is -2.01. The van der Waals surface area contributed by atoms with E-state index < -0.39 is 5.97 Å². The SMILES string of the molecule is [C-]#[N+]c1ccc2c(c1)nc(-c1cccc(C)c1)n2-c1cccc(C(=O)O)c1. The molecular weight excluding hydrogens is 338 g/mol. The molecule has 0 amide bonds. The maximum atomic E-state index is 11.4. The predicted molar refractivity (Wildman–Crippen MR) is 104 cm³/mol. The van der Waals surface area contributed by atoms with Crippen LogP contribution in [0.25, 0.3) is 33.0 Å². The summed E-state index contributed by atoms with van der Waals surface area (Å²) >= 11 is 0. The molecule has 0 aliphatic heterocycles. The topological polar surface area (TPSA) is 59.5 Å². The highest BCUT2D eigenvalue weighted by atomic mass is 16.4. The van der Waals surface area contributed by atoms with E-state index in [2.05, 4.69) is 4.85 Å². The van der Waals surface area contributed by atoms with Gasteiger partial charge in [-0.1, -0.05) is 35.9 Å². The second-order valence-corrected chi connectivity index (χ2v) is 6.28. The largest absolute Gasteiger partial charge is 0.478 e. The summed E-state index contributed by atoms with van der Waals surface area (Å²) in [7, 11) is 0. The second kappa shape index (κ2) is 6.43. The first-order valence-corrected chi connectivity index (χ1v) is 8.37. The van der Waals surface area contributed by atoms with Crippen molar-refractivity contribution in [1.82, 2.24) is 9.55 Å². The van der Waals surface area contributed by atoms with E-state index in [0.29, 0.717) is 22.7 Å². The van der Waals surface area contributed by atoms with Crippen molar-refractivity contribution in [2.24, 2.45) is 0 Å². The van der Waals surface area contributed by atoms with Crippen LogP contribution in [0.4, 0.5) is 5.69 Å². The van der Waals surface area contributed by atoms with Gasteiger partial charge in [0.05, 0.1) is 23.2 Å². The molecule has 0 spiro atoms. The molecule has 0 bridgehead atoms. The summed E-state index contributed by atoms with van der Waals surface area (Å²) in [6.45, 7) is 9.25. The molecule has 5 nitrogen and oxygen atoms in total. The minimum absolute atomic E-state index is 0.210. The molecular formula is C22H15N3O2. The molecule has 27 heavy (non-hydrogen) atoms. The highest BCUT2D eigenvalue weighted by Gasteiger charge is 2.16. The summed E-state index contributed by atoms with van der Waals surface area (Å²) < 4.78 is 1.93. The van der Waals surface area contributed by atoms with Crippen molar-refractivity contribution in [3.63, 3.8) is 0 Å². The summed E-state index contributed by atoms with van der Waals surface area (Å²) in [5.74, 6) is -0.271. The molecule has 0 saturated carbocycles. The van der Waals surface area contributed by atoms with Crippen molar-refractivity contribution < 1.29 is 9.90 Å². The number of carboxylic acid groups (broad SMARTS) is 1. The molecule has 0 fully saturated rings. The van der Waals surface area contributed by atoms with E-state index in [1.54, 1.807) is 30.3 Å². The maximum Gasteiger partial charge on any atom is 0.335 e. The van der Waals surface area contributed by atoms with Crippen molar-refractivity contribution in [3.8, 4) is 17.1 Å². The van der Waals surface area contributed by atoms with Gasteiger partial charge in [0.1, 0.15) is 5.82 Å². The summed E-state index contributed by atoms with van der Waals surface area (Å²) in [6, 6.07) is 20.1. The number of nitrogens with zero attached hydrogens (tertiary/aromatic N) is 3. The summed E-state index contributed by atoms with van der Waals surface area (Å²) in [5.41, 5.74) is 4.99. The number of benzene rings is 3. The van der Waals surface area contributed by atoms with E-state index in [4.69, 9.17) is 11.6 Å². The van der Waals surface area contributed by atoms with Gasteiger partial charge in [-0.15, -0.1) is 0 Å². The number of rotatable bonds is 3. The van der Waals surface area contributed by atoms with E-state index in [1.165, 1.54) is 0 Å². The van der Waals surface area contributed by atoms with Gasteiger partial charge in [0.2, 0.25) is 0 Å². The normalized spacial score (nSPS) is 10.7. The first-order valence-electron chi connectivity index (χ1n) is 8.37. The molecule has 3 aromatic carbocycles. The Morgan fingerprint density at radius 1 is 1.07 bits per heavy atom. The number of fused-ring (bicyclic) bond motifs is 1. The minimum Gasteiger partial charge on any atom is -0.478 e. The number of aryl methyl sites for hydroxylation is 1. The van der Waals surface area contributed by atoms with Crippen molar-refractivity contribution in [3.05, 3.63) is 89.3 Å². The molecule has 1 N–H and O–H groups in total. The zero-order valence-corrected chi connectivity index (χ0v) is 14.5. The Morgan fingerprint density at radius 2 is 1.89 bits per heavy atom. The number of aromatic nitrogens is 2. The van der Waals surface area contributed by atoms with Gasteiger partial charge in [-0.3, -0.25) is 4.57 Å². The molecule has 1 aromatic heterocycles. The molecule has 4 aromatic rings. The average molecular weight is 353 g/mol. The van der Waals surface area contributed by atoms with E-state index >= 15 is 0 Å². The summed E-state index contributed by atoms with van der Waals surface area (Å²) in [5, 5.41) is 9.35. The molecule has 5 heteroatoms. The zero-order valence-electron chi connectivity index (χ0n) is 14.5. The molecule has 4 rings (SSSR count). The molecule has 0 radical (unpaired) electrons. The number of imidazole rings is 1. The molecule has 0 atom stereocenters. The van der Waals surface area contributed by atoms with Crippen LogP contribution in [-0.2, 0) is 0 Å². The standard InChI is InChI=1S/C22H15N3O2/c1-14-5-3-6-15(11-14)21-24-19-13-17(23-2)9-10-20(19)25(21)18-8-4-7-16(12-18)22(26)27/h3-13H,1H3,(H,26,27). The van der Waals surface area contributed by atoms with Crippen molar-refractivity contribution >= 4 is 22.7 Å². The lowest BCUT2D eigenvalue weighted by Gasteiger charge is -2.11. The number of hydrogen-bond acceptors (Lipinski definition) is 2. The van der Waals surface area contributed by atoms with E-state index in [0.717, 1.165) is 16.6 Å². The van der Waals surface area contributed by atoms with Gasteiger partial charge in [0, 0.05) is 11.3 Å². The quantitative estimate of drug-likeness (QED) is 0.512. The van der Waals surface area contributed by atoms with E-state index in [1.807, 2.05) is 47.9 Å². The van der Waals surface area contributed by atoms with Crippen LogP contribution < -0.4 is 0 Å². The second-order valence-electron chi connectivity index (χ2n) is 6.28. The Hall–Kier alpha value is -3.91. The summed E-state index contributed by atoms with van der Waals surface area (Å²) in [4.78, 5) is 19.6. The average Bonchev–Trinajstić information content (AvgIpc) is 3.06. The third-order valence-corrected chi connectivity index (χ3v) is 4.39. The number of aromatic carboxylic acids is 1. The van der Waals surface area contributed by atoms with Crippen molar-refractivity contribution in [1.29, 1.82) is 0 Å². The van der Waals surface area contributed by atoms with Crippen molar-refractivity contribution in [2.75, 3.05) is 0 Å².